The minimum atomic E-state index is -0.0116. The number of hydrogen-bond acceptors (Lipinski definition) is 3. The summed E-state index contributed by atoms with van der Waals surface area (Å²) in [6.45, 7) is 8.50. The van der Waals surface area contributed by atoms with Gasteiger partial charge in [-0.3, -0.25) is 4.79 Å². The summed E-state index contributed by atoms with van der Waals surface area (Å²) in [4.78, 5) is 14.0. The molecule has 0 bridgehead atoms. The average Bonchev–Trinajstić information content (AvgIpc) is 2.18. The number of allylic oxidation sites excluding steroid dienone is 1. The number of carbonyl (C=O) groups is 1. The Kier molecular flexibility index (Phi) is 4.80. The van der Waals surface area contributed by atoms with Gasteiger partial charge in [0.05, 0.1) is 25.0 Å². The highest BCUT2D eigenvalue weighted by molar-refractivity contribution is 5.92. The fourth-order valence-corrected chi connectivity index (χ4v) is 1.77. The molecule has 1 amide bonds. The summed E-state index contributed by atoms with van der Waals surface area (Å²) < 4.78 is 5.19. The van der Waals surface area contributed by atoms with Crippen molar-refractivity contribution in [3.8, 4) is 0 Å². The fourth-order valence-electron chi connectivity index (χ4n) is 1.77. The number of rotatable bonds is 5. The molecule has 0 atom stereocenters. The Morgan fingerprint density at radius 2 is 2.19 bits per heavy atom. The highest BCUT2D eigenvalue weighted by Gasteiger charge is 2.28. The first-order valence-corrected chi connectivity index (χ1v) is 5.88. The van der Waals surface area contributed by atoms with Crippen LogP contribution >= 0.6 is 0 Å². The van der Waals surface area contributed by atoms with Crippen LogP contribution in [-0.2, 0) is 9.53 Å². The average molecular weight is 226 g/mol. The molecular weight excluding hydrogens is 204 g/mol. The Morgan fingerprint density at radius 3 is 2.50 bits per heavy atom. The zero-order valence-corrected chi connectivity index (χ0v) is 10.6. The summed E-state index contributed by atoms with van der Waals surface area (Å²) in [6, 6.07) is 0.354. The summed E-state index contributed by atoms with van der Waals surface area (Å²) >= 11 is 0. The first-order chi connectivity index (χ1) is 7.60. The monoisotopic (exact) mass is 226 g/mol. The van der Waals surface area contributed by atoms with Gasteiger partial charge in [-0.2, -0.15) is 0 Å². The van der Waals surface area contributed by atoms with E-state index in [1.54, 1.807) is 7.05 Å². The van der Waals surface area contributed by atoms with E-state index in [2.05, 4.69) is 31.0 Å². The minimum absolute atomic E-state index is 0.0116. The van der Waals surface area contributed by atoms with Gasteiger partial charge < -0.3 is 15.0 Å². The Labute approximate surface area is 97.6 Å². The molecule has 0 unspecified atom stereocenters. The minimum Gasteiger partial charge on any atom is -0.377 e. The summed E-state index contributed by atoms with van der Waals surface area (Å²) in [5.74, 6) is 0.352. The number of ether oxygens (including phenoxy) is 1. The molecule has 0 aromatic heterocycles. The van der Waals surface area contributed by atoms with Gasteiger partial charge in [0.25, 0.3) is 5.91 Å². The molecule has 1 rings (SSSR count). The van der Waals surface area contributed by atoms with Gasteiger partial charge in [-0.05, 0) is 12.8 Å². The lowest BCUT2D eigenvalue weighted by Gasteiger charge is -2.39. The fraction of sp³-hybridized carbons (Fsp3) is 0.750. The quantitative estimate of drug-likeness (QED) is 0.711. The molecule has 0 aromatic carbocycles. The first kappa shape index (κ1) is 13.0. The van der Waals surface area contributed by atoms with Gasteiger partial charge in [-0.1, -0.05) is 19.9 Å². The van der Waals surface area contributed by atoms with E-state index in [0.717, 1.165) is 25.5 Å². The maximum Gasteiger partial charge on any atom is 0.266 e. The highest BCUT2D eigenvalue weighted by atomic mass is 16.5. The second-order valence-electron chi connectivity index (χ2n) is 4.35. The maximum atomic E-state index is 11.8. The van der Waals surface area contributed by atoms with Crippen molar-refractivity contribution < 1.29 is 9.53 Å². The number of nitrogens with zero attached hydrogens (tertiary/aromatic N) is 1. The summed E-state index contributed by atoms with van der Waals surface area (Å²) in [7, 11) is 1.67. The van der Waals surface area contributed by atoms with E-state index in [-0.39, 0.29) is 5.91 Å². The molecule has 1 heterocycles. The molecule has 0 aliphatic carbocycles. The van der Waals surface area contributed by atoms with Crippen LogP contribution in [0.4, 0.5) is 0 Å². The lowest BCUT2D eigenvalue weighted by atomic mass is 10.1. The van der Waals surface area contributed by atoms with Gasteiger partial charge in [0.2, 0.25) is 0 Å². The molecule has 0 spiro atoms. The molecule has 0 aromatic rings. The predicted octanol–water partition coefficient (Wildman–Crippen LogP) is 0.993. The standard InChI is InChI=1S/C12H22N2O2/c1-5-14(10-7-16-8-10)11(6-9(2)3)12(15)13-4/h6,9-10H,5,7-8H2,1-4H3,(H,13,15)/b11-6-. The highest BCUT2D eigenvalue weighted by Crippen LogP contribution is 2.18. The topological polar surface area (TPSA) is 41.6 Å². The number of carbonyl (C=O) groups excluding carboxylic acids is 1. The van der Waals surface area contributed by atoms with E-state index in [9.17, 15) is 4.79 Å². The van der Waals surface area contributed by atoms with Crippen molar-refractivity contribution in [1.82, 2.24) is 10.2 Å². The Bertz CT molecular complexity index is 270. The summed E-state index contributed by atoms with van der Waals surface area (Å²) in [5.41, 5.74) is 0.772. The third-order valence-electron chi connectivity index (χ3n) is 2.66. The summed E-state index contributed by atoms with van der Waals surface area (Å²) in [5, 5.41) is 2.70. The molecule has 92 valence electrons. The molecule has 1 aliphatic heterocycles. The van der Waals surface area contributed by atoms with Crippen LogP contribution in [0.3, 0.4) is 0 Å². The lowest BCUT2D eigenvalue weighted by Crippen LogP contribution is -2.50. The maximum absolute atomic E-state index is 11.8. The van der Waals surface area contributed by atoms with Crippen molar-refractivity contribution in [3.63, 3.8) is 0 Å². The molecule has 4 heteroatoms. The zero-order chi connectivity index (χ0) is 12.1. The molecule has 1 aliphatic rings. The van der Waals surface area contributed by atoms with Crippen LogP contribution in [0, 0.1) is 5.92 Å². The number of nitrogens with one attached hydrogen (secondary N) is 1. The smallest absolute Gasteiger partial charge is 0.266 e. The first-order valence-electron chi connectivity index (χ1n) is 5.88. The van der Waals surface area contributed by atoms with Crippen LogP contribution in [-0.4, -0.2) is 43.7 Å². The van der Waals surface area contributed by atoms with E-state index in [1.807, 2.05) is 6.08 Å². The number of amides is 1. The van der Waals surface area contributed by atoms with Crippen LogP contribution in [0.1, 0.15) is 20.8 Å². The molecule has 4 nitrogen and oxygen atoms in total. The molecule has 16 heavy (non-hydrogen) atoms. The molecule has 1 N–H and O–H groups in total. The molecule has 0 saturated carbocycles. The van der Waals surface area contributed by atoms with E-state index >= 15 is 0 Å². The lowest BCUT2D eigenvalue weighted by molar-refractivity contribution is -0.121. The van der Waals surface area contributed by atoms with Crippen molar-refractivity contribution in [2.24, 2.45) is 5.92 Å². The van der Waals surface area contributed by atoms with Gasteiger partial charge >= 0.3 is 0 Å². The van der Waals surface area contributed by atoms with Gasteiger partial charge in [0, 0.05) is 13.6 Å². The molecule has 0 radical (unpaired) electrons. The van der Waals surface area contributed by atoms with Crippen molar-refractivity contribution in [3.05, 3.63) is 11.8 Å². The summed E-state index contributed by atoms with van der Waals surface area (Å²) in [6.07, 6.45) is 2.01. The van der Waals surface area contributed by atoms with Crippen LogP contribution in [0.25, 0.3) is 0 Å². The van der Waals surface area contributed by atoms with Crippen LogP contribution in [0.15, 0.2) is 11.8 Å². The Morgan fingerprint density at radius 1 is 1.56 bits per heavy atom. The third kappa shape index (κ3) is 2.98. The van der Waals surface area contributed by atoms with Crippen molar-refractivity contribution in [2.75, 3.05) is 26.8 Å². The molecular formula is C12H22N2O2. The second-order valence-corrected chi connectivity index (χ2v) is 4.35. The van der Waals surface area contributed by atoms with Crippen molar-refractivity contribution in [2.45, 2.75) is 26.8 Å². The second kappa shape index (κ2) is 5.89. The Hall–Kier alpha value is -1.03. The van der Waals surface area contributed by atoms with E-state index in [0.29, 0.717) is 12.0 Å². The van der Waals surface area contributed by atoms with E-state index in [1.165, 1.54) is 0 Å². The van der Waals surface area contributed by atoms with Crippen LogP contribution in [0.2, 0.25) is 0 Å². The molecule has 1 saturated heterocycles. The van der Waals surface area contributed by atoms with Gasteiger partial charge in [0.15, 0.2) is 0 Å². The number of hydrogen-bond donors (Lipinski definition) is 1. The number of likely N-dealkylation sites (N-methyl/N-ethyl adjacent to an activating group) is 2. The van der Waals surface area contributed by atoms with Crippen molar-refractivity contribution in [1.29, 1.82) is 0 Å². The van der Waals surface area contributed by atoms with Gasteiger partial charge in [-0.25, -0.2) is 0 Å². The van der Waals surface area contributed by atoms with E-state index < -0.39 is 0 Å². The van der Waals surface area contributed by atoms with E-state index in [4.69, 9.17) is 4.74 Å². The predicted molar refractivity (Wildman–Crippen MR) is 64.0 cm³/mol. The Balaban J connectivity index is 2.84. The van der Waals surface area contributed by atoms with Crippen LogP contribution in [0.5, 0.6) is 0 Å². The largest absolute Gasteiger partial charge is 0.377 e. The van der Waals surface area contributed by atoms with Crippen LogP contribution < -0.4 is 5.32 Å². The van der Waals surface area contributed by atoms with Crippen molar-refractivity contribution >= 4 is 5.91 Å². The van der Waals surface area contributed by atoms with Gasteiger partial charge in [-0.15, -0.1) is 0 Å². The zero-order valence-electron chi connectivity index (χ0n) is 10.6. The normalized spacial score (nSPS) is 17.2. The third-order valence-corrected chi connectivity index (χ3v) is 2.66. The van der Waals surface area contributed by atoms with Gasteiger partial charge in [0.1, 0.15) is 0 Å². The SMILES string of the molecule is CCN(/C(=C\C(C)C)C(=O)NC)C1COC1. The molecule has 1 fully saturated rings.